The number of halogens is 1. The van der Waals surface area contributed by atoms with Gasteiger partial charge in [0.1, 0.15) is 0 Å². The predicted molar refractivity (Wildman–Crippen MR) is 93.8 cm³/mol. The van der Waals surface area contributed by atoms with Crippen molar-refractivity contribution in [1.29, 1.82) is 0 Å². The van der Waals surface area contributed by atoms with E-state index in [0.717, 1.165) is 29.7 Å². The van der Waals surface area contributed by atoms with E-state index in [9.17, 15) is 4.79 Å². The SMILES string of the molecule is CC1CCCN(C(=O)c2ccc(Nc3cccc(Br)c3)nn2)C1. The molecular formula is C17H19BrN4O. The Hall–Kier alpha value is -1.95. The third-order valence-corrected chi connectivity index (χ3v) is 4.42. The topological polar surface area (TPSA) is 58.1 Å². The van der Waals surface area contributed by atoms with Crippen molar-refractivity contribution >= 4 is 33.3 Å². The summed E-state index contributed by atoms with van der Waals surface area (Å²) in [5.74, 6) is 1.14. The molecule has 1 atom stereocenters. The molecule has 1 fully saturated rings. The van der Waals surface area contributed by atoms with Gasteiger partial charge in [0, 0.05) is 23.2 Å². The quantitative estimate of drug-likeness (QED) is 0.885. The number of likely N-dealkylation sites (tertiary alicyclic amines) is 1. The lowest BCUT2D eigenvalue weighted by molar-refractivity contribution is 0.0676. The molecule has 6 heteroatoms. The molecule has 1 saturated heterocycles. The highest BCUT2D eigenvalue weighted by Gasteiger charge is 2.23. The molecule has 0 spiro atoms. The van der Waals surface area contributed by atoms with Crippen LogP contribution in [0.25, 0.3) is 0 Å². The van der Waals surface area contributed by atoms with Crippen molar-refractivity contribution in [2.24, 2.45) is 5.92 Å². The first-order chi connectivity index (χ1) is 11.1. The summed E-state index contributed by atoms with van der Waals surface area (Å²) in [5.41, 5.74) is 1.32. The Morgan fingerprint density at radius 1 is 1.30 bits per heavy atom. The molecule has 5 nitrogen and oxygen atoms in total. The standard InChI is InChI=1S/C17H19BrN4O/c1-12-4-3-9-22(11-12)17(23)15-7-8-16(21-20-15)19-14-6-2-5-13(18)10-14/h2,5-8,10,12H,3-4,9,11H2,1H3,(H,19,21). The van der Waals surface area contributed by atoms with Gasteiger partial charge in [0.25, 0.3) is 5.91 Å². The molecule has 0 saturated carbocycles. The number of hydrogen-bond donors (Lipinski definition) is 1. The molecule has 0 aliphatic carbocycles. The monoisotopic (exact) mass is 374 g/mol. The third kappa shape index (κ3) is 4.07. The maximum atomic E-state index is 12.5. The molecule has 1 amide bonds. The molecule has 1 aromatic carbocycles. The summed E-state index contributed by atoms with van der Waals surface area (Å²) in [7, 11) is 0. The molecular weight excluding hydrogens is 356 g/mol. The zero-order valence-electron chi connectivity index (χ0n) is 13.0. The Kier molecular flexibility index (Phi) is 4.91. The van der Waals surface area contributed by atoms with Gasteiger partial charge in [-0.2, -0.15) is 0 Å². The van der Waals surface area contributed by atoms with Crippen LogP contribution in [0.15, 0.2) is 40.9 Å². The molecule has 1 N–H and O–H groups in total. The van der Waals surface area contributed by atoms with Crippen LogP contribution in [0.1, 0.15) is 30.3 Å². The molecule has 1 aliphatic rings. The molecule has 1 unspecified atom stereocenters. The molecule has 1 aromatic heterocycles. The Balaban J connectivity index is 1.68. The minimum atomic E-state index is -0.0296. The highest BCUT2D eigenvalue weighted by molar-refractivity contribution is 9.10. The fourth-order valence-corrected chi connectivity index (χ4v) is 3.16. The first-order valence-electron chi connectivity index (χ1n) is 7.77. The first-order valence-corrected chi connectivity index (χ1v) is 8.57. The van der Waals surface area contributed by atoms with Crippen LogP contribution >= 0.6 is 15.9 Å². The zero-order valence-corrected chi connectivity index (χ0v) is 14.6. The lowest BCUT2D eigenvalue weighted by Crippen LogP contribution is -2.39. The summed E-state index contributed by atoms with van der Waals surface area (Å²) in [6.45, 7) is 3.79. The van der Waals surface area contributed by atoms with Crippen LogP contribution in [-0.2, 0) is 0 Å². The van der Waals surface area contributed by atoms with E-state index in [1.165, 1.54) is 6.42 Å². The van der Waals surface area contributed by atoms with Gasteiger partial charge in [0.2, 0.25) is 0 Å². The van der Waals surface area contributed by atoms with Gasteiger partial charge < -0.3 is 10.2 Å². The van der Waals surface area contributed by atoms with E-state index in [1.54, 1.807) is 12.1 Å². The van der Waals surface area contributed by atoms with Gasteiger partial charge in [-0.15, -0.1) is 10.2 Å². The fraction of sp³-hybridized carbons (Fsp3) is 0.353. The molecule has 2 aromatic rings. The van der Waals surface area contributed by atoms with Crippen molar-refractivity contribution in [1.82, 2.24) is 15.1 Å². The van der Waals surface area contributed by atoms with Crippen molar-refractivity contribution in [3.05, 3.63) is 46.6 Å². The van der Waals surface area contributed by atoms with Gasteiger partial charge in [-0.25, -0.2) is 0 Å². The zero-order chi connectivity index (χ0) is 16.2. The number of nitrogens with zero attached hydrogens (tertiary/aromatic N) is 3. The molecule has 1 aliphatic heterocycles. The Bertz CT molecular complexity index is 689. The van der Waals surface area contributed by atoms with Gasteiger partial charge in [-0.05, 0) is 49.1 Å². The molecule has 3 rings (SSSR count). The number of carbonyl (C=O) groups is 1. The van der Waals surface area contributed by atoms with E-state index in [0.29, 0.717) is 17.4 Å². The third-order valence-electron chi connectivity index (χ3n) is 3.92. The van der Waals surface area contributed by atoms with E-state index in [2.05, 4.69) is 38.4 Å². The second-order valence-corrected chi connectivity index (χ2v) is 6.85. The van der Waals surface area contributed by atoms with Crippen LogP contribution in [0.5, 0.6) is 0 Å². The second-order valence-electron chi connectivity index (χ2n) is 5.94. The van der Waals surface area contributed by atoms with Gasteiger partial charge in [-0.1, -0.05) is 28.9 Å². The lowest BCUT2D eigenvalue weighted by atomic mass is 10.00. The van der Waals surface area contributed by atoms with Crippen molar-refractivity contribution in [3.8, 4) is 0 Å². The van der Waals surface area contributed by atoms with Crippen LogP contribution in [0.4, 0.5) is 11.5 Å². The number of benzene rings is 1. The van der Waals surface area contributed by atoms with Crippen LogP contribution in [0.2, 0.25) is 0 Å². The van der Waals surface area contributed by atoms with Crippen molar-refractivity contribution in [2.45, 2.75) is 19.8 Å². The number of piperidine rings is 1. The first kappa shape index (κ1) is 15.9. The number of amides is 1. The highest BCUT2D eigenvalue weighted by atomic mass is 79.9. The van der Waals surface area contributed by atoms with E-state index >= 15 is 0 Å². The number of rotatable bonds is 3. The lowest BCUT2D eigenvalue weighted by Gasteiger charge is -2.30. The minimum Gasteiger partial charge on any atom is -0.339 e. The normalized spacial score (nSPS) is 17.8. The summed E-state index contributed by atoms with van der Waals surface area (Å²) in [4.78, 5) is 14.3. The molecule has 0 bridgehead atoms. The van der Waals surface area contributed by atoms with Crippen LogP contribution < -0.4 is 5.32 Å². The largest absolute Gasteiger partial charge is 0.339 e. The number of hydrogen-bond acceptors (Lipinski definition) is 4. The number of carbonyl (C=O) groups excluding carboxylic acids is 1. The Labute approximate surface area is 144 Å². The van der Waals surface area contributed by atoms with Gasteiger partial charge in [0.05, 0.1) is 0 Å². The van der Waals surface area contributed by atoms with E-state index in [4.69, 9.17) is 0 Å². The summed E-state index contributed by atoms with van der Waals surface area (Å²) < 4.78 is 0.987. The van der Waals surface area contributed by atoms with Crippen LogP contribution in [-0.4, -0.2) is 34.1 Å². The number of anilines is 2. The summed E-state index contributed by atoms with van der Waals surface area (Å²) in [6, 6.07) is 11.3. The van der Waals surface area contributed by atoms with Gasteiger partial charge >= 0.3 is 0 Å². The summed E-state index contributed by atoms with van der Waals surface area (Å²) >= 11 is 3.43. The fourth-order valence-electron chi connectivity index (χ4n) is 2.76. The Morgan fingerprint density at radius 2 is 2.17 bits per heavy atom. The van der Waals surface area contributed by atoms with Crippen molar-refractivity contribution in [2.75, 3.05) is 18.4 Å². The van der Waals surface area contributed by atoms with Crippen molar-refractivity contribution in [3.63, 3.8) is 0 Å². The summed E-state index contributed by atoms with van der Waals surface area (Å²) in [6.07, 6.45) is 2.24. The minimum absolute atomic E-state index is 0.0296. The molecule has 0 radical (unpaired) electrons. The average molecular weight is 375 g/mol. The molecule has 120 valence electrons. The van der Waals surface area contributed by atoms with E-state index in [-0.39, 0.29) is 5.91 Å². The van der Waals surface area contributed by atoms with Crippen molar-refractivity contribution < 1.29 is 4.79 Å². The maximum Gasteiger partial charge on any atom is 0.274 e. The van der Waals surface area contributed by atoms with Crippen LogP contribution in [0.3, 0.4) is 0 Å². The van der Waals surface area contributed by atoms with Crippen LogP contribution in [0, 0.1) is 5.92 Å². The molecule has 23 heavy (non-hydrogen) atoms. The summed E-state index contributed by atoms with van der Waals surface area (Å²) in [5, 5.41) is 11.4. The average Bonchev–Trinajstić information content (AvgIpc) is 2.55. The number of nitrogens with one attached hydrogen (secondary N) is 1. The predicted octanol–water partition coefficient (Wildman–Crippen LogP) is 3.85. The number of aromatic nitrogens is 2. The van der Waals surface area contributed by atoms with Gasteiger partial charge in [0.15, 0.2) is 11.5 Å². The maximum absolute atomic E-state index is 12.5. The van der Waals surface area contributed by atoms with Gasteiger partial charge in [-0.3, -0.25) is 4.79 Å². The van der Waals surface area contributed by atoms with E-state index in [1.807, 2.05) is 29.2 Å². The highest BCUT2D eigenvalue weighted by Crippen LogP contribution is 2.20. The second kappa shape index (κ2) is 7.08. The smallest absolute Gasteiger partial charge is 0.274 e. The van der Waals surface area contributed by atoms with E-state index < -0.39 is 0 Å². The Morgan fingerprint density at radius 3 is 2.87 bits per heavy atom. The molecule has 2 heterocycles.